The van der Waals surface area contributed by atoms with E-state index in [1.807, 2.05) is 43.3 Å². The Bertz CT molecular complexity index is 851. The van der Waals surface area contributed by atoms with Crippen molar-refractivity contribution in [3.8, 4) is 5.75 Å². The summed E-state index contributed by atoms with van der Waals surface area (Å²) in [6, 6.07) is 18.4. The fourth-order valence-electron chi connectivity index (χ4n) is 3.54. The fraction of sp³-hybridized carbons (Fsp3) is 0.238. The van der Waals surface area contributed by atoms with E-state index in [1.165, 1.54) is 0 Å². The Morgan fingerprint density at radius 1 is 1.04 bits per heavy atom. The summed E-state index contributed by atoms with van der Waals surface area (Å²) < 4.78 is 6.61. The van der Waals surface area contributed by atoms with Crippen LogP contribution in [0.1, 0.15) is 24.5 Å². The second kappa shape index (κ2) is 5.75. The van der Waals surface area contributed by atoms with Crippen LogP contribution in [-0.4, -0.2) is 24.5 Å². The molecule has 2 aromatic rings. The highest BCUT2D eigenvalue weighted by Gasteiger charge is 2.47. The smallest absolute Gasteiger partial charge is 0.181 e. The summed E-state index contributed by atoms with van der Waals surface area (Å²) in [5, 5.41) is 0. The van der Waals surface area contributed by atoms with Gasteiger partial charge in [0, 0.05) is 17.5 Å². The van der Waals surface area contributed by atoms with Crippen LogP contribution in [0.2, 0.25) is 0 Å². The van der Waals surface area contributed by atoms with Gasteiger partial charge in [-0.2, -0.15) is 0 Å². The molecule has 24 heavy (non-hydrogen) atoms. The van der Waals surface area contributed by atoms with Crippen LogP contribution < -0.4 is 4.74 Å². The van der Waals surface area contributed by atoms with Crippen LogP contribution in [0.4, 0.5) is 0 Å². The van der Waals surface area contributed by atoms with Crippen LogP contribution >= 0.6 is 0 Å². The predicted octanol–water partition coefficient (Wildman–Crippen LogP) is 4.18. The van der Waals surface area contributed by atoms with Gasteiger partial charge >= 0.3 is 0 Å². The monoisotopic (exact) mass is 316 g/mol. The molecule has 0 N–H and O–H groups in total. The quantitative estimate of drug-likeness (QED) is 0.782. The number of nitrogens with zero attached hydrogens (tertiary/aromatic N) is 2. The van der Waals surface area contributed by atoms with Gasteiger partial charge in [-0.3, -0.25) is 9.98 Å². The number of benzene rings is 2. The lowest BCUT2D eigenvalue weighted by Crippen LogP contribution is -2.50. The maximum Gasteiger partial charge on any atom is 0.181 e. The van der Waals surface area contributed by atoms with Crippen LogP contribution in [-0.2, 0) is 5.60 Å². The average Bonchev–Trinajstić information content (AvgIpc) is 2.62. The molecule has 120 valence electrons. The fourth-order valence-corrected chi connectivity index (χ4v) is 3.54. The molecule has 4 rings (SSSR count). The summed E-state index contributed by atoms with van der Waals surface area (Å²) >= 11 is 0. The lowest BCUT2D eigenvalue weighted by Gasteiger charge is -2.42. The van der Waals surface area contributed by atoms with Gasteiger partial charge in [0.05, 0.1) is 18.8 Å². The minimum absolute atomic E-state index is 0.652. The number of hydrogen-bond donors (Lipinski definition) is 0. The molecule has 2 aromatic carbocycles. The molecule has 1 atom stereocenters. The molecule has 2 heterocycles. The Morgan fingerprint density at radius 2 is 1.75 bits per heavy atom. The first kappa shape index (κ1) is 14.9. The largest absolute Gasteiger partial charge is 0.475 e. The van der Waals surface area contributed by atoms with Gasteiger partial charge in [-0.05, 0) is 19.1 Å². The van der Waals surface area contributed by atoms with Crippen molar-refractivity contribution in [2.45, 2.75) is 18.9 Å². The summed E-state index contributed by atoms with van der Waals surface area (Å²) in [4.78, 5) is 9.65. The van der Waals surface area contributed by atoms with Gasteiger partial charge in [-0.15, -0.1) is 0 Å². The number of aliphatic imine (C=N–C) groups is 2. The van der Waals surface area contributed by atoms with Gasteiger partial charge in [0.1, 0.15) is 11.5 Å². The number of ether oxygens (including phenoxy) is 1. The zero-order valence-corrected chi connectivity index (χ0v) is 13.8. The second-order valence-corrected chi connectivity index (χ2v) is 6.39. The molecular weight excluding hydrogens is 296 g/mol. The second-order valence-electron chi connectivity index (χ2n) is 6.39. The van der Waals surface area contributed by atoms with Crippen molar-refractivity contribution >= 4 is 11.4 Å². The molecule has 0 amide bonds. The minimum Gasteiger partial charge on any atom is -0.475 e. The van der Waals surface area contributed by atoms with Crippen LogP contribution in [0.3, 0.4) is 0 Å². The van der Waals surface area contributed by atoms with Gasteiger partial charge < -0.3 is 4.74 Å². The Morgan fingerprint density at radius 3 is 2.54 bits per heavy atom. The van der Waals surface area contributed by atoms with Gasteiger partial charge in [-0.1, -0.05) is 54.6 Å². The molecule has 2 aliphatic rings. The van der Waals surface area contributed by atoms with Crippen molar-refractivity contribution in [2.24, 2.45) is 9.98 Å². The molecule has 2 aliphatic heterocycles. The lowest BCUT2D eigenvalue weighted by atomic mass is 9.77. The van der Waals surface area contributed by atoms with E-state index in [-0.39, 0.29) is 0 Å². The lowest BCUT2D eigenvalue weighted by molar-refractivity contribution is 0.139. The summed E-state index contributed by atoms with van der Waals surface area (Å²) in [5.74, 6) is 0.863. The highest BCUT2D eigenvalue weighted by Crippen LogP contribution is 2.42. The molecule has 0 bridgehead atoms. The van der Waals surface area contributed by atoms with Crippen molar-refractivity contribution in [2.75, 3.05) is 13.1 Å². The van der Waals surface area contributed by atoms with Crippen LogP contribution in [0.5, 0.6) is 5.75 Å². The SMILES string of the molecule is C=C(C)C[C@@]1(c2ccccc2)Oc2ccccc2C2=NCCN=C21. The third-order valence-electron chi connectivity index (χ3n) is 4.46. The molecule has 0 radical (unpaired) electrons. The Hall–Kier alpha value is -2.68. The van der Waals surface area contributed by atoms with Crippen molar-refractivity contribution < 1.29 is 4.74 Å². The Kier molecular flexibility index (Phi) is 3.57. The Balaban J connectivity index is 1.98. The third kappa shape index (κ3) is 2.28. The van der Waals surface area contributed by atoms with Crippen molar-refractivity contribution in [1.29, 1.82) is 0 Å². The zero-order chi connectivity index (χ0) is 16.6. The first-order chi connectivity index (χ1) is 11.7. The van der Waals surface area contributed by atoms with Crippen molar-refractivity contribution in [3.05, 3.63) is 77.9 Å². The maximum atomic E-state index is 6.61. The number of fused-ring (bicyclic) bond motifs is 3. The molecule has 0 aliphatic carbocycles. The molecule has 0 unspecified atom stereocenters. The van der Waals surface area contributed by atoms with Gasteiger partial charge in [0.2, 0.25) is 0 Å². The summed E-state index contributed by atoms with van der Waals surface area (Å²) in [6.07, 6.45) is 0.684. The first-order valence-electron chi connectivity index (χ1n) is 8.29. The standard InChI is InChI=1S/C21H20N2O/c1-15(2)14-21(16-8-4-3-5-9-16)20-19(22-12-13-23-20)17-10-6-7-11-18(17)24-21/h3-11H,1,12-14H2,2H3/t21-/m0/s1. The molecular formula is C21H20N2O. The van der Waals surface area contributed by atoms with E-state index in [4.69, 9.17) is 14.7 Å². The maximum absolute atomic E-state index is 6.61. The van der Waals surface area contributed by atoms with E-state index in [0.29, 0.717) is 13.0 Å². The molecule has 0 spiro atoms. The van der Waals surface area contributed by atoms with Gasteiger partial charge in [0.25, 0.3) is 0 Å². The predicted molar refractivity (Wildman–Crippen MR) is 98.3 cm³/mol. The Labute approximate surface area is 142 Å². The first-order valence-corrected chi connectivity index (χ1v) is 8.29. The number of para-hydroxylation sites is 1. The summed E-state index contributed by atoms with van der Waals surface area (Å²) in [7, 11) is 0. The van der Waals surface area contributed by atoms with Crippen LogP contribution in [0, 0.1) is 0 Å². The highest BCUT2D eigenvalue weighted by atomic mass is 16.5. The van der Waals surface area contributed by atoms with Gasteiger partial charge in [-0.25, -0.2) is 0 Å². The van der Waals surface area contributed by atoms with Crippen LogP contribution in [0.15, 0.2) is 76.7 Å². The summed E-state index contributed by atoms with van der Waals surface area (Å²) in [6.45, 7) is 7.61. The number of hydrogen-bond acceptors (Lipinski definition) is 3. The topological polar surface area (TPSA) is 34.0 Å². The van der Waals surface area contributed by atoms with E-state index >= 15 is 0 Å². The van der Waals surface area contributed by atoms with Crippen LogP contribution in [0.25, 0.3) is 0 Å². The average molecular weight is 316 g/mol. The van der Waals surface area contributed by atoms with Crippen molar-refractivity contribution in [1.82, 2.24) is 0 Å². The molecule has 0 saturated heterocycles. The number of rotatable bonds is 3. The van der Waals surface area contributed by atoms with E-state index in [2.05, 4.69) is 24.8 Å². The molecule has 0 fully saturated rings. The van der Waals surface area contributed by atoms with Crippen molar-refractivity contribution in [3.63, 3.8) is 0 Å². The summed E-state index contributed by atoms with van der Waals surface area (Å²) in [5.41, 5.74) is 4.43. The molecule has 3 nitrogen and oxygen atoms in total. The van der Waals surface area contributed by atoms with Gasteiger partial charge in [0.15, 0.2) is 5.60 Å². The third-order valence-corrected chi connectivity index (χ3v) is 4.46. The zero-order valence-electron chi connectivity index (χ0n) is 13.8. The highest BCUT2D eigenvalue weighted by molar-refractivity contribution is 6.52. The molecule has 0 aromatic heterocycles. The van der Waals surface area contributed by atoms with E-state index in [0.717, 1.165) is 40.4 Å². The van der Waals surface area contributed by atoms with E-state index in [9.17, 15) is 0 Å². The molecule has 3 heteroatoms. The normalized spacial score (nSPS) is 21.7. The van der Waals surface area contributed by atoms with E-state index < -0.39 is 5.60 Å². The minimum atomic E-state index is -0.652. The van der Waals surface area contributed by atoms with E-state index in [1.54, 1.807) is 0 Å². The molecule has 0 saturated carbocycles.